The molecule has 0 radical (unpaired) electrons. The van der Waals surface area contributed by atoms with Crippen LogP contribution in [-0.2, 0) is 9.59 Å². The molecule has 0 unspecified atom stereocenters. The van der Waals surface area contributed by atoms with Crippen LogP contribution in [0.3, 0.4) is 0 Å². The molecule has 4 saturated carbocycles. The maximum atomic E-state index is 12.8. The Balaban J connectivity index is 1.56. The van der Waals surface area contributed by atoms with Gasteiger partial charge in [0.15, 0.2) is 0 Å². The second-order valence-corrected chi connectivity index (χ2v) is 9.46. The van der Waals surface area contributed by atoms with Gasteiger partial charge >= 0.3 is 0 Å². The lowest BCUT2D eigenvalue weighted by atomic mass is 9.49. The van der Waals surface area contributed by atoms with Crippen molar-refractivity contribution in [1.29, 1.82) is 0 Å². The minimum atomic E-state index is -0.250. The zero-order chi connectivity index (χ0) is 17.5. The van der Waals surface area contributed by atoms with Crippen molar-refractivity contribution < 1.29 is 9.59 Å². The molecule has 0 aromatic rings. The third-order valence-corrected chi connectivity index (χ3v) is 5.80. The van der Waals surface area contributed by atoms with Gasteiger partial charge < -0.3 is 5.32 Å². The molecule has 0 aromatic carbocycles. The van der Waals surface area contributed by atoms with Crippen molar-refractivity contribution in [2.45, 2.75) is 78.2 Å². The Kier molecular flexibility index (Phi) is 4.47. The van der Waals surface area contributed by atoms with Gasteiger partial charge in [-0.25, -0.2) is 5.43 Å². The molecule has 0 aliphatic heterocycles. The van der Waals surface area contributed by atoms with Crippen molar-refractivity contribution in [1.82, 2.24) is 10.7 Å². The van der Waals surface area contributed by atoms with Gasteiger partial charge in [0.2, 0.25) is 11.8 Å². The normalized spacial score (nSPS) is 35.0. The van der Waals surface area contributed by atoms with Crippen LogP contribution in [0.2, 0.25) is 0 Å². The third-order valence-electron chi connectivity index (χ3n) is 5.80. The van der Waals surface area contributed by atoms with Crippen LogP contribution in [0, 0.1) is 23.2 Å². The molecule has 0 heterocycles. The minimum Gasteiger partial charge on any atom is -0.351 e. The van der Waals surface area contributed by atoms with E-state index >= 15 is 0 Å². The monoisotopic (exact) mass is 333 g/mol. The van der Waals surface area contributed by atoms with Crippen molar-refractivity contribution in [3.05, 3.63) is 0 Å². The highest BCUT2D eigenvalue weighted by Crippen LogP contribution is 2.60. The smallest absolute Gasteiger partial charge is 0.246 e. The Bertz CT molecular complexity index is 524. The van der Waals surface area contributed by atoms with E-state index in [1.165, 1.54) is 19.3 Å². The summed E-state index contributed by atoms with van der Waals surface area (Å²) in [6.07, 6.45) is 7.28. The quantitative estimate of drug-likeness (QED) is 0.613. The van der Waals surface area contributed by atoms with Gasteiger partial charge in [0, 0.05) is 11.3 Å². The second-order valence-electron chi connectivity index (χ2n) is 9.46. The van der Waals surface area contributed by atoms with E-state index in [0.717, 1.165) is 37.0 Å². The third kappa shape index (κ3) is 3.81. The van der Waals surface area contributed by atoms with E-state index in [1.54, 1.807) is 6.92 Å². The van der Waals surface area contributed by atoms with E-state index in [-0.39, 0.29) is 29.2 Å². The first-order valence-electron chi connectivity index (χ1n) is 9.30. The average molecular weight is 333 g/mol. The van der Waals surface area contributed by atoms with Crippen molar-refractivity contribution >= 4 is 17.5 Å². The van der Waals surface area contributed by atoms with Crippen molar-refractivity contribution in [2.75, 3.05) is 0 Å². The summed E-state index contributed by atoms with van der Waals surface area (Å²) in [6.45, 7) is 7.65. The Morgan fingerprint density at radius 2 is 1.54 bits per heavy atom. The molecule has 24 heavy (non-hydrogen) atoms. The Morgan fingerprint density at radius 3 is 2.00 bits per heavy atom. The molecule has 4 aliphatic carbocycles. The first kappa shape index (κ1) is 17.4. The Labute approximate surface area is 145 Å². The van der Waals surface area contributed by atoms with Crippen LogP contribution < -0.4 is 10.7 Å². The zero-order valence-corrected chi connectivity index (χ0v) is 15.4. The van der Waals surface area contributed by atoms with Gasteiger partial charge in [-0.15, -0.1) is 0 Å². The summed E-state index contributed by atoms with van der Waals surface area (Å²) >= 11 is 0. The SMILES string of the molecule is CC(CC(=O)NC(C)(C)C)=NNC(=O)C12CC3CC(CC(C3)C1)C2. The fraction of sp³-hybridized carbons (Fsp3) is 0.842. The molecule has 5 heteroatoms. The topological polar surface area (TPSA) is 70.6 Å². The zero-order valence-electron chi connectivity index (χ0n) is 15.4. The lowest BCUT2D eigenvalue weighted by Gasteiger charge is -2.55. The Morgan fingerprint density at radius 1 is 1.04 bits per heavy atom. The molecule has 2 N–H and O–H groups in total. The van der Waals surface area contributed by atoms with E-state index in [2.05, 4.69) is 15.8 Å². The van der Waals surface area contributed by atoms with Crippen LogP contribution in [0.4, 0.5) is 0 Å². The maximum Gasteiger partial charge on any atom is 0.246 e. The van der Waals surface area contributed by atoms with Crippen LogP contribution in [0.25, 0.3) is 0 Å². The largest absolute Gasteiger partial charge is 0.351 e. The van der Waals surface area contributed by atoms with Crippen LogP contribution in [0.5, 0.6) is 0 Å². The standard InChI is InChI=1S/C19H31N3O2/c1-12(5-16(23)20-18(2,3)4)21-22-17(24)19-9-13-6-14(10-19)8-15(7-13)11-19/h13-15H,5-11H2,1-4H3,(H,20,23)(H,22,24). The summed E-state index contributed by atoms with van der Waals surface area (Å²) in [7, 11) is 0. The van der Waals surface area contributed by atoms with E-state index in [1.807, 2.05) is 20.8 Å². The van der Waals surface area contributed by atoms with Gasteiger partial charge in [-0.2, -0.15) is 5.10 Å². The summed E-state index contributed by atoms with van der Waals surface area (Å²) in [5.74, 6) is 2.24. The summed E-state index contributed by atoms with van der Waals surface area (Å²) in [5, 5.41) is 7.12. The predicted molar refractivity (Wildman–Crippen MR) is 94.4 cm³/mol. The molecule has 4 aliphatic rings. The van der Waals surface area contributed by atoms with Crippen LogP contribution >= 0.6 is 0 Å². The minimum absolute atomic E-state index is 0.0622. The van der Waals surface area contributed by atoms with Crippen LogP contribution in [0.15, 0.2) is 5.10 Å². The molecule has 5 nitrogen and oxygen atoms in total. The van der Waals surface area contributed by atoms with Crippen LogP contribution in [-0.4, -0.2) is 23.1 Å². The number of nitrogens with one attached hydrogen (secondary N) is 2. The molecule has 4 bridgehead atoms. The number of carbonyl (C=O) groups excluding carboxylic acids is 2. The van der Waals surface area contributed by atoms with Gasteiger partial charge in [-0.05, 0) is 84.0 Å². The highest BCUT2D eigenvalue weighted by Gasteiger charge is 2.54. The fourth-order valence-corrected chi connectivity index (χ4v) is 5.39. The van der Waals surface area contributed by atoms with Gasteiger partial charge in [-0.1, -0.05) is 0 Å². The molecule has 4 fully saturated rings. The molecule has 0 atom stereocenters. The molecule has 134 valence electrons. The summed E-state index contributed by atoms with van der Waals surface area (Å²) in [5.41, 5.74) is 2.99. The van der Waals surface area contributed by atoms with E-state index < -0.39 is 0 Å². The second kappa shape index (κ2) is 6.16. The average Bonchev–Trinajstić information content (AvgIpc) is 2.40. The van der Waals surface area contributed by atoms with E-state index in [4.69, 9.17) is 0 Å². The Hall–Kier alpha value is -1.39. The lowest BCUT2D eigenvalue weighted by molar-refractivity contribution is -0.146. The van der Waals surface area contributed by atoms with Crippen molar-refractivity contribution in [3.63, 3.8) is 0 Å². The molecule has 0 saturated heterocycles. The molecular formula is C19H31N3O2. The van der Waals surface area contributed by atoms with Gasteiger partial charge in [-0.3, -0.25) is 9.59 Å². The number of nitrogens with zero attached hydrogens (tertiary/aromatic N) is 1. The fourth-order valence-electron chi connectivity index (χ4n) is 5.39. The number of hydrazone groups is 1. The first-order chi connectivity index (χ1) is 11.2. The molecule has 4 rings (SSSR count). The number of carbonyl (C=O) groups is 2. The maximum absolute atomic E-state index is 12.8. The highest BCUT2D eigenvalue weighted by molar-refractivity contribution is 6.00. The molecule has 0 spiro atoms. The molecule has 0 aromatic heterocycles. The number of hydrogen-bond acceptors (Lipinski definition) is 3. The number of hydrogen-bond donors (Lipinski definition) is 2. The van der Waals surface area contributed by atoms with E-state index in [9.17, 15) is 9.59 Å². The van der Waals surface area contributed by atoms with Crippen LogP contribution in [0.1, 0.15) is 72.6 Å². The summed E-state index contributed by atoms with van der Waals surface area (Å²) in [4.78, 5) is 24.7. The highest BCUT2D eigenvalue weighted by atomic mass is 16.2. The van der Waals surface area contributed by atoms with Crippen molar-refractivity contribution in [2.24, 2.45) is 28.3 Å². The van der Waals surface area contributed by atoms with E-state index in [0.29, 0.717) is 5.71 Å². The number of amides is 2. The van der Waals surface area contributed by atoms with Gasteiger partial charge in [0.1, 0.15) is 0 Å². The summed E-state index contributed by atoms with van der Waals surface area (Å²) in [6, 6.07) is 0. The van der Waals surface area contributed by atoms with Crippen molar-refractivity contribution in [3.8, 4) is 0 Å². The van der Waals surface area contributed by atoms with Gasteiger partial charge in [0.05, 0.1) is 11.8 Å². The van der Waals surface area contributed by atoms with Gasteiger partial charge in [0.25, 0.3) is 0 Å². The first-order valence-corrected chi connectivity index (χ1v) is 9.30. The molecular weight excluding hydrogens is 302 g/mol. The predicted octanol–water partition coefficient (Wildman–Crippen LogP) is 3.00. The molecule has 2 amide bonds. The summed E-state index contributed by atoms with van der Waals surface area (Å²) < 4.78 is 0. The number of rotatable bonds is 4. The lowest BCUT2D eigenvalue weighted by Crippen LogP contribution is -2.52.